The van der Waals surface area contributed by atoms with Crippen molar-refractivity contribution >= 4 is 15.8 Å². The summed E-state index contributed by atoms with van der Waals surface area (Å²) in [6.07, 6.45) is 0. The number of benzene rings is 1. The van der Waals surface area contributed by atoms with Gasteiger partial charge in [0.25, 0.3) is 10.1 Å². The molecule has 0 unspecified atom stereocenters. The first-order valence-electron chi connectivity index (χ1n) is 3.36. The van der Waals surface area contributed by atoms with Crippen LogP contribution in [0.3, 0.4) is 0 Å². The third-order valence-corrected chi connectivity index (χ3v) is 2.56. The summed E-state index contributed by atoms with van der Waals surface area (Å²) in [4.78, 5) is 9.85. The molecule has 0 bridgehead atoms. The molecule has 0 heterocycles. The predicted octanol–water partition coefficient (Wildman–Crippen LogP) is -1.24. The second-order valence-corrected chi connectivity index (χ2v) is 3.91. The first-order chi connectivity index (χ1) is 5.95. The molecule has 0 radical (unpaired) electrons. The summed E-state index contributed by atoms with van der Waals surface area (Å²) in [5.41, 5.74) is 0.421. The number of aryl methyl sites for hydroxylation is 1. The van der Waals surface area contributed by atoms with Gasteiger partial charge in [-0.25, -0.2) is 0 Å². The fourth-order valence-corrected chi connectivity index (χ4v) is 1.69. The van der Waals surface area contributed by atoms with E-state index < -0.39 is 10.1 Å². The fraction of sp³-hybridized carbons (Fsp3) is 0.143. The molecule has 5 nitrogen and oxygen atoms in total. The van der Waals surface area contributed by atoms with Gasteiger partial charge < -0.3 is 1.43 Å². The van der Waals surface area contributed by atoms with Crippen LogP contribution in [0.5, 0.6) is 0 Å². The molecule has 0 aliphatic rings. The first kappa shape index (κ1) is 13.7. The van der Waals surface area contributed by atoms with Gasteiger partial charge in [-0.05, 0) is 35.9 Å². The van der Waals surface area contributed by atoms with Crippen LogP contribution >= 0.6 is 0 Å². The van der Waals surface area contributed by atoms with Crippen molar-refractivity contribution in [2.24, 2.45) is 5.18 Å². The fourth-order valence-electron chi connectivity index (χ4n) is 0.980. The number of hydrogen-bond acceptors (Lipinski definition) is 4. The summed E-state index contributed by atoms with van der Waals surface area (Å²) in [6.45, 7) is 1.47. The SMILES string of the molecule is Cc1cc(N=O)ccc1S(=O)(=O)O.[H-].[Na+]. The van der Waals surface area contributed by atoms with E-state index in [4.69, 9.17) is 4.55 Å². The van der Waals surface area contributed by atoms with Crippen LogP contribution in [0, 0.1) is 11.8 Å². The van der Waals surface area contributed by atoms with Crippen molar-refractivity contribution in [2.45, 2.75) is 11.8 Å². The Hall–Kier alpha value is -0.270. The molecule has 0 aliphatic carbocycles. The third kappa shape index (κ3) is 3.14. The Morgan fingerprint density at radius 1 is 1.43 bits per heavy atom. The van der Waals surface area contributed by atoms with Gasteiger partial charge in [0, 0.05) is 0 Å². The molecular weight excluding hydrogens is 217 g/mol. The van der Waals surface area contributed by atoms with E-state index >= 15 is 0 Å². The van der Waals surface area contributed by atoms with Gasteiger partial charge in [-0.1, -0.05) is 0 Å². The van der Waals surface area contributed by atoms with E-state index in [0.29, 0.717) is 5.56 Å². The van der Waals surface area contributed by atoms with E-state index in [2.05, 4.69) is 5.18 Å². The zero-order valence-corrected chi connectivity index (χ0v) is 10.6. The molecular formula is C7H8NNaO4S. The molecule has 0 saturated carbocycles. The Morgan fingerprint density at radius 2 is 2.00 bits per heavy atom. The minimum atomic E-state index is -4.20. The largest absolute Gasteiger partial charge is 1.00 e. The van der Waals surface area contributed by atoms with Crippen molar-refractivity contribution < 1.29 is 44.0 Å². The molecule has 0 saturated heterocycles. The van der Waals surface area contributed by atoms with Gasteiger partial charge in [0.1, 0.15) is 5.69 Å². The third-order valence-electron chi connectivity index (χ3n) is 1.54. The summed E-state index contributed by atoms with van der Waals surface area (Å²) in [6, 6.07) is 3.65. The molecule has 0 spiro atoms. The van der Waals surface area contributed by atoms with Gasteiger partial charge in [0.05, 0.1) is 4.90 Å². The van der Waals surface area contributed by atoms with Gasteiger partial charge in [-0.15, -0.1) is 4.91 Å². The number of nitroso groups, excluding NO2 is 1. The van der Waals surface area contributed by atoms with E-state index in [9.17, 15) is 13.3 Å². The van der Waals surface area contributed by atoms with E-state index in [1.165, 1.54) is 19.1 Å². The quantitative estimate of drug-likeness (QED) is 0.387. The summed E-state index contributed by atoms with van der Waals surface area (Å²) >= 11 is 0. The Bertz CT molecular complexity index is 448. The zero-order valence-electron chi connectivity index (χ0n) is 8.76. The molecule has 1 aromatic carbocycles. The Balaban J connectivity index is 0. The van der Waals surface area contributed by atoms with E-state index in [-0.39, 0.29) is 41.6 Å². The average molecular weight is 225 g/mol. The van der Waals surface area contributed by atoms with Crippen molar-refractivity contribution in [1.29, 1.82) is 0 Å². The summed E-state index contributed by atoms with van der Waals surface area (Å²) in [5, 5.41) is 2.63. The molecule has 0 aliphatic heterocycles. The number of nitrogens with zero attached hydrogens (tertiary/aromatic N) is 1. The van der Waals surface area contributed by atoms with Crippen molar-refractivity contribution in [1.82, 2.24) is 0 Å². The number of rotatable bonds is 2. The Morgan fingerprint density at radius 3 is 2.36 bits per heavy atom. The average Bonchev–Trinajstić information content (AvgIpc) is 2.01. The zero-order chi connectivity index (χ0) is 10.1. The molecule has 0 amide bonds. The summed E-state index contributed by atoms with van der Waals surface area (Å²) < 4.78 is 30.1. The van der Waals surface area contributed by atoms with Crippen LogP contribution in [0.25, 0.3) is 0 Å². The summed E-state index contributed by atoms with van der Waals surface area (Å²) in [7, 11) is -4.20. The molecule has 72 valence electrons. The molecule has 0 atom stereocenters. The van der Waals surface area contributed by atoms with Crippen LogP contribution in [-0.2, 0) is 10.1 Å². The smallest absolute Gasteiger partial charge is 1.00 e. The van der Waals surface area contributed by atoms with Crippen molar-refractivity contribution in [3.8, 4) is 0 Å². The van der Waals surface area contributed by atoms with Gasteiger partial charge in [-0.2, -0.15) is 8.42 Å². The predicted molar refractivity (Wildman–Crippen MR) is 47.6 cm³/mol. The standard InChI is InChI=1S/C7H7NO4S.Na.H/c1-5-4-6(8-9)2-3-7(5)13(10,11)12;;/h2-4H,1H3,(H,10,11,12);;/q;+1;-1. The molecule has 1 aromatic rings. The van der Waals surface area contributed by atoms with Crippen LogP contribution in [0.1, 0.15) is 6.99 Å². The minimum Gasteiger partial charge on any atom is -1.00 e. The van der Waals surface area contributed by atoms with Gasteiger partial charge in [0.2, 0.25) is 0 Å². The van der Waals surface area contributed by atoms with E-state index in [1.54, 1.807) is 0 Å². The Labute approximate surface area is 105 Å². The van der Waals surface area contributed by atoms with Crippen molar-refractivity contribution in [2.75, 3.05) is 0 Å². The second-order valence-electron chi connectivity index (χ2n) is 2.52. The maximum Gasteiger partial charge on any atom is 1.00 e. The molecule has 14 heavy (non-hydrogen) atoms. The topological polar surface area (TPSA) is 83.8 Å². The maximum atomic E-state index is 10.7. The van der Waals surface area contributed by atoms with Crippen molar-refractivity contribution in [3.63, 3.8) is 0 Å². The molecule has 1 N–H and O–H groups in total. The van der Waals surface area contributed by atoms with Gasteiger partial charge in [-0.3, -0.25) is 4.55 Å². The van der Waals surface area contributed by atoms with Crippen LogP contribution in [0.15, 0.2) is 28.3 Å². The van der Waals surface area contributed by atoms with Crippen LogP contribution < -0.4 is 29.6 Å². The molecule has 0 fully saturated rings. The maximum absolute atomic E-state index is 10.7. The van der Waals surface area contributed by atoms with Crippen LogP contribution in [0.2, 0.25) is 0 Å². The molecule has 7 heteroatoms. The summed E-state index contributed by atoms with van der Waals surface area (Å²) in [5.74, 6) is 0. The van der Waals surface area contributed by atoms with Crippen LogP contribution in [-0.4, -0.2) is 13.0 Å². The Kier molecular flexibility index (Phi) is 4.90. The van der Waals surface area contributed by atoms with Crippen LogP contribution in [0.4, 0.5) is 5.69 Å². The van der Waals surface area contributed by atoms with Gasteiger partial charge >= 0.3 is 29.6 Å². The molecule has 0 aromatic heterocycles. The van der Waals surface area contributed by atoms with E-state index in [1.807, 2.05) is 0 Å². The monoisotopic (exact) mass is 225 g/mol. The second kappa shape index (κ2) is 4.99. The normalized spacial score (nSPS) is 10.4. The number of hydrogen-bond donors (Lipinski definition) is 1. The van der Waals surface area contributed by atoms with Gasteiger partial charge in [0.15, 0.2) is 0 Å². The van der Waals surface area contributed by atoms with E-state index in [0.717, 1.165) is 6.07 Å². The molecule has 1 rings (SSSR count). The minimum absolute atomic E-state index is 0. The first-order valence-corrected chi connectivity index (χ1v) is 4.80. The van der Waals surface area contributed by atoms with Crippen molar-refractivity contribution in [3.05, 3.63) is 28.7 Å².